The van der Waals surface area contributed by atoms with Crippen LogP contribution in [0.2, 0.25) is 15.3 Å². The minimum atomic E-state index is 0.115. The topological polar surface area (TPSA) is 66.5 Å². The summed E-state index contributed by atoms with van der Waals surface area (Å²) in [6.45, 7) is 0. The Kier molecular flexibility index (Phi) is 3.18. The lowest BCUT2D eigenvalue weighted by Gasteiger charge is -2.08. The second-order valence-corrected chi connectivity index (χ2v) is 4.90. The molecule has 0 saturated carbocycles. The van der Waals surface area contributed by atoms with Crippen LogP contribution in [0, 0.1) is 0 Å². The normalized spacial score (nSPS) is 10.9. The molecular weight excluding hydrogens is 309 g/mol. The van der Waals surface area contributed by atoms with E-state index in [-0.39, 0.29) is 5.28 Å². The van der Waals surface area contributed by atoms with Crippen molar-refractivity contribution in [1.29, 1.82) is 0 Å². The molecule has 0 aliphatic carbocycles. The van der Waals surface area contributed by atoms with E-state index in [4.69, 9.17) is 34.8 Å². The molecule has 0 saturated heterocycles. The second kappa shape index (κ2) is 4.85. The zero-order chi connectivity index (χ0) is 13.4. The predicted molar refractivity (Wildman–Crippen MR) is 76.4 cm³/mol. The zero-order valence-corrected chi connectivity index (χ0v) is 11.6. The van der Waals surface area contributed by atoms with Gasteiger partial charge in [-0.3, -0.25) is 5.10 Å². The van der Waals surface area contributed by atoms with Gasteiger partial charge in [0.05, 0.1) is 22.3 Å². The van der Waals surface area contributed by atoms with Crippen molar-refractivity contribution in [1.82, 2.24) is 20.2 Å². The van der Waals surface area contributed by atoms with Gasteiger partial charge in [-0.15, -0.1) is 0 Å². The molecule has 0 aliphatic rings. The molecule has 0 unspecified atom stereocenters. The van der Waals surface area contributed by atoms with Crippen LogP contribution < -0.4 is 5.32 Å². The van der Waals surface area contributed by atoms with Crippen LogP contribution in [-0.4, -0.2) is 20.2 Å². The van der Waals surface area contributed by atoms with Gasteiger partial charge in [0.2, 0.25) is 5.28 Å². The highest BCUT2D eigenvalue weighted by atomic mass is 35.5. The van der Waals surface area contributed by atoms with Crippen molar-refractivity contribution in [2.24, 2.45) is 0 Å². The number of hydrogen-bond acceptors (Lipinski definition) is 4. The number of H-pyrrole nitrogens is 1. The molecule has 0 atom stereocenters. The van der Waals surface area contributed by atoms with E-state index in [1.807, 2.05) is 0 Å². The summed E-state index contributed by atoms with van der Waals surface area (Å²) in [6, 6.07) is 5.12. The van der Waals surface area contributed by atoms with Gasteiger partial charge in [-0.05, 0) is 29.8 Å². The van der Waals surface area contributed by atoms with Gasteiger partial charge in [0.1, 0.15) is 5.82 Å². The first-order valence-corrected chi connectivity index (χ1v) is 6.35. The third kappa shape index (κ3) is 2.45. The largest absolute Gasteiger partial charge is 0.338 e. The molecule has 3 rings (SSSR count). The van der Waals surface area contributed by atoms with Crippen LogP contribution in [0.15, 0.2) is 24.4 Å². The van der Waals surface area contributed by atoms with Gasteiger partial charge in [-0.1, -0.05) is 23.2 Å². The average molecular weight is 315 g/mol. The van der Waals surface area contributed by atoms with E-state index in [0.29, 0.717) is 27.2 Å². The Hall–Kier alpha value is -1.56. The number of nitrogens with zero attached hydrogens (tertiary/aromatic N) is 3. The fraction of sp³-hybridized carbons (Fsp3) is 0. The standard InChI is InChI=1S/C11H6Cl3N5/c12-5-1-2-8(7(13)3-5)16-9-6-4-15-19-10(6)18-11(14)17-9/h1-4H,(H2,15,16,17,18,19). The molecule has 2 heterocycles. The lowest BCUT2D eigenvalue weighted by molar-refractivity contribution is 1.09. The first-order chi connectivity index (χ1) is 9.13. The molecule has 2 aromatic heterocycles. The highest BCUT2D eigenvalue weighted by molar-refractivity contribution is 6.36. The molecule has 19 heavy (non-hydrogen) atoms. The predicted octanol–water partition coefficient (Wildman–Crippen LogP) is 4.06. The summed E-state index contributed by atoms with van der Waals surface area (Å²) in [5.41, 5.74) is 1.22. The van der Waals surface area contributed by atoms with E-state index in [2.05, 4.69) is 25.5 Å². The van der Waals surface area contributed by atoms with Gasteiger partial charge in [-0.25, -0.2) is 0 Å². The summed E-state index contributed by atoms with van der Waals surface area (Å²) in [6.07, 6.45) is 1.61. The molecule has 0 spiro atoms. The van der Waals surface area contributed by atoms with Crippen LogP contribution in [0.1, 0.15) is 0 Å². The maximum absolute atomic E-state index is 6.10. The van der Waals surface area contributed by atoms with E-state index in [1.165, 1.54) is 0 Å². The maximum atomic E-state index is 6.10. The van der Waals surface area contributed by atoms with Crippen molar-refractivity contribution >= 4 is 57.3 Å². The fourth-order valence-electron chi connectivity index (χ4n) is 1.62. The van der Waals surface area contributed by atoms with Crippen molar-refractivity contribution < 1.29 is 0 Å². The monoisotopic (exact) mass is 313 g/mol. The molecule has 0 radical (unpaired) electrons. The van der Waals surface area contributed by atoms with E-state index in [0.717, 1.165) is 5.39 Å². The van der Waals surface area contributed by atoms with Crippen LogP contribution in [0.5, 0.6) is 0 Å². The van der Waals surface area contributed by atoms with Gasteiger partial charge in [0, 0.05) is 5.02 Å². The van der Waals surface area contributed by atoms with E-state index < -0.39 is 0 Å². The third-order valence-electron chi connectivity index (χ3n) is 2.47. The van der Waals surface area contributed by atoms with E-state index in [1.54, 1.807) is 24.4 Å². The molecule has 0 fully saturated rings. The number of halogens is 3. The quantitative estimate of drug-likeness (QED) is 0.700. The number of hydrogen-bond donors (Lipinski definition) is 2. The molecule has 0 aliphatic heterocycles. The number of aromatic amines is 1. The van der Waals surface area contributed by atoms with Crippen LogP contribution >= 0.6 is 34.8 Å². The summed E-state index contributed by atoms with van der Waals surface area (Å²) in [5, 5.41) is 11.6. The van der Waals surface area contributed by atoms with Crippen molar-refractivity contribution in [3.05, 3.63) is 39.7 Å². The van der Waals surface area contributed by atoms with Crippen LogP contribution in [0.25, 0.3) is 11.0 Å². The zero-order valence-electron chi connectivity index (χ0n) is 9.28. The third-order valence-corrected chi connectivity index (χ3v) is 3.18. The minimum Gasteiger partial charge on any atom is -0.338 e. The van der Waals surface area contributed by atoms with Crippen LogP contribution in [0.4, 0.5) is 11.5 Å². The first-order valence-electron chi connectivity index (χ1n) is 5.22. The summed E-state index contributed by atoms with van der Waals surface area (Å²) in [4.78, 5) is 8.14. The second-order valence-electron chi connectivity index (χ2n) is 3.72. The highest BCUT2D eigenvalue weighted by Gasteiger charge is 2.10. The van der Waals surface area contributed by atoms with Crippen LogP contribution in [-0.2, 0) is 0 Å². The number of rotatable bonds is 2. The van der Waals surface area contributed by atoms with Crippen LogP contribution in [0.3, 0.4) is 0 Å². The molecule has 8 heteroatoms. The molecule has 96 valence electrons. The minimum absolute atomic E-state index is 0.115. The number of fused-ring (bicyclic) bond motifs is 1. The van der Waals surface area contributed by atoms with Gasteiger partial charge in [0.15, 0.2) is 5.65 Å². The first kappa shape index (κ1) is 12.5. The Morgan fingerprint density at radius 2 is 1.95 bits per heavy atom. The summed E-state index contributed by atoms with van der Waals surface area (Å²) in [7, 11) is 0. The molecule has 2 N–H and O–H groups in total. The average Bonchev–Trinajstić information content (AvgIpc) is 2.80. The van der Waals surface area contributed by atoms with Gasteiger partial charge < -0.3 is 5.32 Å². The van der Waals surface area contributed by atoms with Gasteiger partial charge in [0.25, 0.3) is 0 Å². The Balaban J connectivity index is 2.07. The summed E-state index contributed by atoms with van der Waals surface area (Å²) in [5.74, 6) is 0.521. The van der Waals surface area contributed by atoms with E-state index in [9.17, 15) is 0 Å². The van der Waals surface area contributed by atoms with Gasteiger partial charge in [-0.2, -0.15) is 15.1 Å². The summed E-state index contributed by atoms with van der Waals surface area (Å²) < 4.78 is 0. The smallest absolute Gasteiger partial charge is 0.226 e. The highest BCUT2D eigenvalue weighted by Crippen LogP contribution is 2.30. The van der Waals surface area contributed by atoms with Crippen molar-refractivity contribution in [2.75, 3.05) is 5.32 Å². The Morgan fingerprint density at radius 3 is 2.74 bits per heavy atom. The fourth-order valence-corrected chi connectivity index (χ4v) is 2.25. The molecular formula is C11H6Cl3N5. The van der Waals surface area contributed by atoms with Crippen molar-refractivity contribution in [3.63, 3.8) is 0 Å². The maximum Gasteiger partial charge on any atom is 0.226 e. The molecule has 0 amide bonds. The number of nitrogens with one attached hydrogen (secondary N) is 2. The Morgan fingerprint density at radius 1 is 1.11 bits per heavy atom. The number of benzene rings is 1. The number of anilines is 2. The molecule has 0 bridgehead atoms. The lowest BCUT2D eigenvalue weighted by Crippen LogP contribution is -1.97. The van der Waals surface area contributed by atoms with E-state index >= 15 is 0 Å². The SMILES string of the molecule is Clc1ccc(Nc2nc(Cl)nc3[nH]ncc23)c(Cl)c1. The Labute approximate surface area is 122 Å². The van der Waals surface area contributed by atoms with Crippen molar-refractivity contribution in [2.45, 2.75) is 0 Å². The summed E-state index contributed by atoms with van der Waals surface area (Å²) >= 11 is 17.8. The molecule has 5 nitrogen and oxygen atoms in total. The molecule has 1 aromatic carbocycles. The van der Waals surface area contributed by atoms with Crippen molar-refractivity contribution in [3.8, 4) is 0 Å². The Bertz CT molecular complexity index is 755. The molecule has 3 aromatic rings. The number of aromatic nitrogens is 4. The lowest BCUT2D eigenvalue weighted by atomic mass is 10.3. The van der Waals surface area contributed by atoms with Gasteiger partial charge >= 0.3 is 0 Å².